The van der Waals surface area contributed by atoms with Gasteiger partial charge >= 0.3 is 0 Å². The van der Waals surface area contributed by atoms with E-state index in [1.54, 1.807) is 6.20 Å². The maximum atomic E-state index is 7.01. The lowest BCUT2D eigenvalue weighted by Crippen LogP contribution is -2.54. The van der Waals surface area contributed by atoms with Crippen LogP contribution >= 0.6 is 0 Å². The van der Waals surface area contributed by atoms with Gasteiger partial charge in [-0.3, -0.25) is 5.41 Å². The minimum Gasteiger partial charge on any atom is -0.310 e. The van der Waals surface area contributed by atoms with Crippen molar-refractivity contribution in [3.8, 4) is 0 Å². The topological polar surface area (TPSA) is 77.2 Å². The van der Waals surface area contributed by atoms with Crippen molar-refractivity contribution in [3.05, 3.63) is 12.3 Å². The van der Waals surface area contributed by atoms with Gasteiger partial charge in [-0.25, -0.2) is 11.0 Å². The third-order valence-electron chi connectivity index (χ3n) is 0.769. The average molecular weight is 113 g/mol. The molecule has 0 radical (unpaired) electrons. The van der Waals surface area contributed by atoms with Crippen molar-refractivity contribution in [3.63, 3.8) is 0 Å². The van der Waals surface area contributed by atoms with Gasteiger partial charge in [-0.05, 0) is 0 Å². The van der Waals surface area contributed by atoms with Crippen LogP contribution in [0.3, 0.4) is 0 Å². The second-order valence-corrected chi connectivity index (χ2v) is 1.34. The van der Waals surface area contributed by atoms with Gasteiger partial charge < -0.3 is 5.43 Å². The molecule has 0 aromatic carbocycles. The summed E-state index contributed by atoms with van der Waals surface area (Å²) in [4.78, 5) is 0. The number of nitrogens with zero attached hydrogens (tertiary/aromatic N) is 1. The Morgan fingerprint density at radius 1 is 1.75 bits per heavy atom. The van der Waals surface area contributed by atoms with E-state index >= 15 is 0 Å². The van der Waals surface area contributed by atoms with E-state index in [-0.39, 0.29) is 5.84 Å². The van der Waals surface area contributed by atoms with Gasteiger partial charge in [0, 0.05) is 12.3 Å². The van der Waals surface area contributed by atoms with E-state index in [1.165, 1.54) is 6.08 Å². The second kappa shape index (κ2) is 1.81. The zero-order valence-electron chi connectivity index (χ0n) is 4.18. The number of hydrazine groups is 3. The van der Waals surface area contributed by atoms with Crippen molar-refractivity contribution in [2.24, 2.45) is 5.84 Å². The van der Waals surface area contributed by atoms with Gasteiger partial charge in [-0.2, -0.15) is 0 Å². The Morgan fingerprint density at radius 2 is 2.50 bits per heavy atom. The summed E-state index contributed by atoms with van der Waals surface area (Å²) in [5, 5.41) is 8.08. The predicted octanol–water partition coefficient (Wildman–Crippen LogP) is -1.32. The van der Waals surface area contributed by atoms with E-state index in [4.69, 9.17) is 11.3 Å². The summed E-state index contributed by atoms with van der Waals surface area (Å²) in [7, 11) is 0. The second-order valence-electron chi connectivity index (χ2n) is 1.34. The first-order chi connectivity index (χ1) is 3.80. The lowest BCUT2D eigenvalue weighted by molar-refractivity contribution is 0.278. The third-order valence-corrected chi connectivity index (χ3v) is 0.769. The van der Waals surface area contributed by atoms with Crippen LogP contribution in [-0.4, -0.2) is 11.0 Å². The first-order valence-corrected chi connectivity index (χ1v) is 2.12. The van der Waals surface area contributed by atoms with Gasteiger partial charge in [0.05, 0.1) is 0 Å². The van der Waals surface area contributed by atoms with Gasteiger partial charge in [-0.15, -0.1) is 5.53 Å². The quantitative estimate of drug-likeness (QED) is 0.294. The van der Waals surface area contributed by atoms with E-state index < -0.39 is 0 Å². The molecule has 1 aliphatic rings. The molecular weight excluding hydrogens is 106 g/mol. The van der Waals surface area contributed by atoms with Gasteiger partial charge in [0.2, 0.25) is 0 Å². The molecule has 0 aromatic rings. The van der Waals surface area contributed by atoms with Gasteiger partial charge in [0.1, 0.15) is 0 Å². The highest BCUT2D eigenvalue weighted by atomic mass is 15.8. The van der Waals surface area contributed by atoms with Crippen molar-refractivity contribution >= 4 is 5.84 Å². The Kier molecular flexibility index (Phi) is 1.15. The molecule has 0 amide bonds. The van der Waals surface area contributed by atoms with Crippen molar-refractivity contribution < 1.29 is 0 Å². The summed E-state index contributed by atoms with van der Waals surface area (Å²) >= 11 is 0. The number of rotatable bonds is 0. The number of nitrogens with two attached hydrogens (primary N) is 1. The molecule has 5 N–H and O–H groups in total. The molecule has 8 heavy (non-hydrogen) atoms. The van der Waals surface area contributed by atoms with Crippen LogP contribution < -0.4 is 16.8 Å². The largest absolute Gasteiger partial charge is 0.310 e. The molecule has 1 rings (SSSR count). The van der Waals surface area contributed by atoms with E-state index in [0.29, 0.717) is 0 Å². The molecule has 0 saturated carbocycles. The molecule has 0 unspecified atom stereocenters. The number of hydrogen-bond acceptors (Lipinski definition) is 4. The maximum Gasteiger partial charge on any atom is 0.154 e. The Balaban J connectivity index is 2.60. The summed E-state index contributed by atoms with van der Waals surface area (Å²) in [6.07, 6.45) is 3.13. The minimum absolute atomic E-state index is 0.226. The summed E-state index contributed by atoms with van der Waals surface area (Å²) < 4.78 is 0. The Morgan fingerprint density at radius 3 is 2.88 bits per heavy atom. The van der Waals surface area contributed by atoms with E-state index in [0.717, 1.165) is 5.12 Å². The number of nitrogens with one attached hydrogen (secondary N) is 3. The lowest BCUT2D eigenvalue weighted by Gasteiger charge is -2.20. The highest BCUT2D eigenvalue weighted by Gasteiger charge is 2.01. The molecular formula is C3H7N5. The summed E-state index contributed by atoms with van der Waals surface area (Å²) in [6.45, 7) is 0. The molecule has 5 heteroatoms. The predicted molar refractivity (Wildman–Crippen MR) is 29.2 cm³/mol. The maximum absolute atomic E-state index is 7.01. The first-order valence-electron chi connectivity index (χ1n) is 2.12. The van der Waals surface area contributed by atoms with Crippen LogP contribution in [0.25, 0.3) is 0 Å². The summed E-state index contributed by atoms with van der Waals surface area (Å²) in [6, 6.07) is 0. The monoisotopic (exact) mass is 113 g/mol. The Hall–Kier alpha value is -1.07. The molecule has 5 nitrogen and oxygen atoms in total. The number of amidine groups is 1. The van der Waals surface area contributed by atoms with Crippen LogP contribution in [-0.2, 0) is 0 Å². The molecule has 1 heterocycles. The Labute approximate surface area is 46.6 Å². The van der Waals surface area contributed by atoms with Crippen LogP contribution in [0.5, 0.6) is 0 Å². The van der Waals surface area contributed by atoms with Crippen LogP contribution in [0.4, 0.5) is 0 Å². The third kappa shape index (κ3) is 0.772. The van der Waals surface area contributed by atoms with Crippen LogP contribution in [0.1, 0.15) is 0 Å². The normalized spacial score (nSPS) is 18.6. The molecule has 0 fully saturated rings. The summed E-state index contributed by atoms with van der Waals surface area (Å²) in [5.41, 5.74) is 5.08. The molecule has 44 valence electrons. The van der Waals surface area contributed by atoms with Crippen LogP contribution in [0, 0.1) is 5.41 Å². The zero-order chi connectivity index (χ0) is 5.98. The smallest absolute Gasteiger partial charge is 0.154 e. The van der Waals surface area contributed by atoms with E-state index in [9.17, 15) is 0 Å². The molecule has 0 atom stereocenters. The average Bonchev–Trinajstić information content (AvgIpc) is 1.77. The Bertz CT molecular complexity index is 128. The molecule has 0 bridgehead atoms. The van der Waals surface area contributed by atoms with E-state index in [1.807, 2.05) is 0 Å². The van der Waals surface area contributed by atoms with Crippen LogP contribution in [0.15, 0.2) is 12.3 Å². The van der Waals surface area contributed by atoms with Crippen molar-refractivity contribution in [1.29, 1.82) is 5.41 Å². The lowest BCUT2D eigenvalue weighted by atomic mass is 10.5. The van der Waals surface area contributed by atoms with Gasteiger partial charge in [0.25, 0.3) is 0 Å². The fourth-order valence-corrected chi connectivity index (χ4v) is 0.368. The molecule has 0 aromatic heterocycles. The zero-order valence-corrected chi connectivity index (χ0v) is 4.18. The van der Waals surface area contributed by atoms with Gasteiger partial charge in [0.15, 0.2) is 5.84 Å². The fraction of sp³-hybridized carbons (Fsp3) is 0. The highest BCUT2D eigenvalue weighted by Crippen LogP contribution is 1.80. The van der Waals surface area contributed by atoms with E-state index in [2.05, 4.69) is 11.0 Å². The molecule has 0 spiro atoms. The molecule has 1 aliphatic heterocycles. The summed E-state index contributed by atoms with van der Waals surface area (Å²) in [5.74, 6) is 5.39. The SMILES string of the molecule is N=C1C=CNNN1N. The van der Waals surface area contributed by atoms with Crippen molar-refractivity contribution in [2.45, 2.75) is 0 Å². The fourth-order valence-electron chi connectivity index (χ4n) is 0.368. The van der Waals surface area contributed by atoms with Crippen LogP contribution in [0.2, 0.25) is 0 Å². The standard InChI is InChI=1S/C3H7N5/c4-3-1-2-6-7-8(3)5/h1-2,4,6-7H,5H2. The molecule has 0 saturated heterocycles. The highest BCUT2D eigenvalue weighted by molar-refractivity contribution is 5.89. The van der Waals surface area contributed by atoms with Crippen molar-refractivity contribution in [2.75, 3.05) is 0 Å². The molecule has 0 aliphatic carbocycles. The van der Waals surface area contributed by atoms with Crippen molar-refractivity contribution in [1.82, 2.24) is 16.1 Å². The minimum atomic E-state index is 0.226. The first kappa shape index (κ1) is 5.07. The van der Waals surface area contributed by atoms with Gasteiger partial charge in [-0.1, -0.05) is 0 Å². The number of hydrogen-bond donors (Lipinski definition) is 4.